The summed E-state index contributed by atoms with van der Waals surface area (Å²) in [6.07, 6.45) is 1.66. The molecule has 7 heteroatoms. The number of aryl methyl sites for hydroxylation is 1. The highest BCUT2D eigenvalue weighted by Gasteiger charge is 2.34. The van der Waals surface area contributed by atoms with Crippen molar-refractivity contribution >= 4 is 27.4 Å². The fraction of sp³-hybridized carbons (Fsp3) is 0.647. The molecule has 0 amide bonds. The van der Waals surface area contributed by atoms with Crippen LogP contribution in [0.15, 0.2) is 11.7 Å². The number of anilines is 1. The SMILES string of the molecule is COCCN(C)CC1CN(c2ncnc3c(C)csc23)CC1CO. The lowest BCUT2D eigenvalue weighted by Crippen LogP contribution is -2.33. The van der Waals surface area contributed by atoms with Crippen LogP contribution in [0, 0.1) is 18.8 Å². The van der Waals surface area contributed by atoms with Crippen LogP contribution < -0.4 is 4.90 Å². The van der Waals surface area contributed by atoms with Crippen LogP contribution in [0.2, 0.25) is 0 Å². The van der Waals surface area contributed by atoms with Crippen LogP contribution in [0.4, 0.5) is 5.82 Å². The first-order chi connectivity index (χ1) is 11.6. The molecule has 1 saturated heterocycles. The first-order valence-corrected chi connectivity index (χ1v) is 9.24. The smallest absolute Gasteiger partial charge is 0.150 e. The number of aromatic nitrogens is 2. The van der Waals surface area contributed by atoms with Gasteiger partial charge >= 0.3 is 0 Å². The molecule has 2 aromatic heterocycles. The Kier molecular flexibility index (Phi) is 5.65. The molecule has 1 N–H and O–H groups in total. The first-order valence-electron chi connectivity index (χ1n) is 8.36. The van der Waals surface area contributed by atoms with Gasteiger partial charge in [0.1, 0.15) is 12.1 Å². The van der Waals surface area contributed by atoms with Gasteiger partial charge in [-0.05, 0) is 30.8 Å². The van der Waals surface area contributed by atoms with Gasteiger partial charge in [-0.15, -0.1) is 11.3 Å². The molecular weight excluding hydrogens is 324 g/mol. The summed E-state index contributed by atoms with van der Waals surface area (Å²) in [6, 6.07) is 0. The second-order valence-corrected chi connectivity index (χ2v) is 7.54. The Hall–Kier alpha value is -1.28. The van der Waals surface area contributed by atoms with Gasteiger partial charge in [0, 0.05) is 45.8 Å². The van der Waals surface area contributed by atoms with Gasteiger partial charge in [0.2, 0.25) is 0 Å². The number of aliphatic hydroxyl groups excluding tert-OH is 1. The third-order valence-electron chi connectivity index (χ3n) is 4.85. The molecule has 0 aliphatic carbocycles. The van der Waals surface area contributed by atoms with Crippen molar-refractivity contribution < 1.29 is 9.84 Å². The molecule has 1 fully saturated rings. The van der Waals surface area contributed by atoms with E-state index in [2.05, 4.69) is 39.1 Å². The van der Waals surface area contributed by atoms with Crippen molar-refractivity contribution in [2.75, 3.05) is 58.5 Å². The molecule has 132 valence electrons. The second-order valence-electron chi connectivity index (χ2n) is 6.66. The zero-order chi connectivity index (χ0) is 17.1. The van der Waals surface area contributed by atoms with E-state index in [-0.39, 0.29) is 12.5 Å². The fourth-order valence-electron chi connectivity index (χ4n) is 3.45. The van der Waals surface area contributed by atoms with E-state index in [4.69, 9.17) is 4.74 Å². The van der Waals surface area contributed by atoms with E-state index < -0.39 is 0 Å². The Morgan fingerprint density at radius 2 is 2.17 bits per heavy atom. The van der Waals surface area contributed by atoms with Crippen molar-refractivity contribution in [1.82, 2.24) is 14.9 Å². The number of nitrogens with zero attached hydrogens (tertiary/aromatic N) is 4. The van der Waals surface area contributed by atoms with Gasteiger partial charge in [0.15, 0.2) is 0 Å². The topological polar surface area (TPSA) is 61.7 Å². The molecule has 1 aliphatic heterocycles. The van der Waals surface area contributed by atoms with E-state index in [1.807, 2.05) is 0 Å². The van der Waals surface area contributed by atoms with Gasteiger partial charge in [0.05, 0.1) is 16.8 Å². The molecule has 0 saturated carbocycles. The molecule has 2 atom stereocenters. The Bertz CT molecular complexity index is 678. The van der Waals surface area contributed by atoms with Crippen LogP contribution in [-0.2, 0) is 4.74 Å². The molecule has 3 heterocycles. The lowest BCUT2D eigenvalue weighted by molar-refractivity contribution is 0.136. The highest BCUT2D eigenvalue weighted by molar-refractivity contribution is 7.18. The number of hydrogen-bond acceptors (Lipinski definition) is 7. The molecule has 1 aliphatic rings. The fourth-order valence-corrected chi connectivity index (χ4v) is 4.47. The van der Waals surface area contributed by atoms with Gasteiger partial charge < -0.3 is 19.6 Å². The summed E-state index contributed by atoms with van der Waals surface area (Å²) < 4.78 is 6.31. The molecular formula is C17H26N4O2S. The van der Waals surface area contributed by atoms with Crippen LogP contribution in [0.25, 0.3) is 10.2 Å². The summed E-state index contributed by atoms with van der Waals surface area (Å²) in [5, 5.41) is 11.9. The summed E-state index contributed by atoms with van der Waals surface area (Å²) in [4.78, 5) is 13.6. The second kappa shape index (κ2) is 7.74. The van der Waals surface area contributed by atoms with Crippen LogP contribution in [0.3, 0.4) is 0 Å². The van der Waals surface area contributed by atoms with Gasteiger partial charge in [-0.1, -0.05) is 0 Å². The zero-order valence-corrected chi connectivity index (χ0v) is 15.4. The van der Waals surface area contributed by atoms with Crippen molar-refractivity contribution in [3.63, 3.8) is 0 Å². The maximum Gasteiger partial charge on any atom is 0.150 e. The molecule has 0 spiro atoms. The van der Waals surface area contributed by atoms with E-state index in [0.29, 0.717) is 5.92 Å². The number of thiophene rings is 1. The first kappa shape index (κ1) is 17.5. The van der Waals surface area contributed by atoms with Gasteiger partial charge in [0.25, 0.3) is 0 Å². The number of methoxy groups -OCH3 is 1. The number of aliphatic hydroxyl groups is 1. The molecule has 2 unspecified atom stereocenters. The van der Waals surface area contributed by atoms with Crippen molar-refractivity contribution in [2.45, 2.75) is 6.92 Å². The van der Waals surface area contributed by atoms with E-state index in [1.165, 1.54) is 5.56 Å². The highest BCUT2D eigenvalue weighted by Crippen LogP contribution is 2.35. The minimum Gasteiger partial charge on any atom is -0.396 e. The lowest BCUT2D eigenvalue weighted by atomic mass is 9.96. The van der Waals surface area contributed by atoms with Crippen molar-refractivity contribution in [2.24, 2.45) is 11.8 Å². The van der Waals surface area contributed by atoms with Crippen LogP contribution in [0.5, 0.6) is 0 Å². The predicted molar refractivity (Wildman–Crippen MR) is 97.8 cm³/mol. The molecule has 0 bridgehead atoms. The van der Waals surface area contributed by atoms with Crippen molar-refractivity contribution in [1.29, 1.82) is 0 Å². The number of rotatable bonds is 7. The average molecular weight is 350 g/mol. The van der Waals surface area contributed by atoms with Crippen LogP contribution in [-0.4, -0.2) is 73.5 Å². The normalized spacial score (nSPS) is 21.3. The lowest BCUT2D eigenvalue weighted by Gasteiger charge is -2.23. The third-order valence-corrected chi connectivity index (χ3v) is 5.93. The Morgan fingerprint density at radius 3 is 2.92 bits per heavy atom. The Balaban J connectivity index is 1.75. The summed E-state index contributed by atoms with van der Waals surface area (Å²) in [5.74, 6) is 1.72. The molecule has 0 aromatic carbocycles. The predicted octanol–water partition coefficient (Wildman–Crippen LogP) is 1.62. The average Bonchev–Trinajstić information content (AvgIpc) is 3.16. The summed E-state index contributed by atoms with van der Waals surface area (Å²) in [5.41, 5.74) is 2.25. The van der Waals surface area contributed by atoms with E-state index in [9.17, 15) is 5.11 Å². The van der Waals surface area contributed by atoms with E-state index in [1.54, 1.807) is 24.8 Å². The third kappa shape index (κ3) is 3.54. The number of ether oxygens (including phenoxy) is 1. The van der Waals surface area contributed by atoms with E-state index in [0.717, 1.165) is 48.8 Å². The zero-order valence-electron chi connectivity index (χ0n) is 14.6. The number of fused-ring (bicyclic) bond motifs is 1. The largest absolute Gasteiger partial charge is 0.396 e. The maximum atomic E-state index is 9.81. The Morgan fingerprint density at radius 1 is 1.38 bits per heavy atom. The maximum absolute atomic E-state index is 9.81. The number of hydrogen-bond donors (Lipinski definition) is 1. The standard InChI is InChI=1S/C17H26N4O2S/c1-12-10-24-16-15(12)18-11-19-17(16)21-7-13(14(8-21)9-22)6-20(2)4-5-23-3/h10-11,13-14,22H,4-9H2,1-3H3. The summed E-state index contributed by atoms with van der Waals surface area (Å²) >= 11 is 1.71. The Labute approximate surface area is 147 Å². The number of likely N-dealkylation sites (N-methyl/N-ethyl adjacent to an activating group) is 1. The van der Waals surface area contributed by atoms with Gasteiger partial charge in [-0.2, -0.15) is 0 Å². The molecule has 3 rings (SSSR count). The minimum absolute atomic E-state index is 0.219. The van der Waals surface area contributed by atoms with E-state index >= 15 is 0 Å². The molecule has 2 aromatic rings. The van der Waals surface area contributed by atoms with Gasteiger partial charge in [-0.25, -0.2) is 9.97 Å². The van der Waals surface area contributed by atoms with Crippen LogP contribution >= 0.6 is 11.3 Å². The van der Waals surface area contributed by atoms with Crippen molar-refractivity contribution in [3.8, 4) is 0 Å². The monoisotopic (exact) mass is 350 g/mol. The quantitative estimate of drug-likeness (QED) is 0.819. The highest BCUT2D eigenvalue weighted by atomic mass is 32.1. The molecule has 0 radical (unpaired) electrons. The summed E-state index contributed by atoms with van der Waals surface area (Å²) in [6.45, 7) is 6.68. The summed E-state index contributed by atoms with van der Waals surface area (Å²) in [7, 11) is 3.84. The van der Waals surface area contributed by atoms with Crippen molar-refractivity contribution in [3.05, 3.63) is 17.3 Å². The van der Waals surface area contributed by atoms with Gasteiger partial charge in [-0.3, -0.25) is 0 Å². The minimum atomic E-state index is 0.219. The van der Waals surface area contributed by atoms with Crippen LogP contribution in [0.1, 0.15) is 5.56 Å². The molecule has 24 heavy (non-hydrogen) atoms. The molecule has 6 nitrogen and oxygen atoms in total.